The molecule has 1 aromatic rings. The van der Waals surface area contributed by atoms with Crippen LogP contribution in [0.2, 0.25) is 0 Å². The van der Waals surface area contributed by atoms with Gasteiger partial charge in [-0.15, -0.1) is 0 Å². The van der Waals surface area contributed by atoms with Gasteiger partial charge in [0.2, 0.25) is 0 Å². The van der Waals surface area contributed by atoms with Gasteiger partial charge >= 0.3 is 0 Å². The fourth-order valence-corrected chi connectivity index (χ4v) is 0.445. The van der Waals surface area contributed by atoms with Gasteiger partial charge in [0, 0.05) is 6.20 Å². The van der Waals surface area contributed by atoms with Crippen LogP contribution in [-0.2, 0) is 4.79 Å². The number of hydrogen-bond donors (Lipinski definition) is 0. The van der Waals surface area contributed by atoms with Crippen molar-refractivity contribution >= 4 is 6.79 Å². The van der Waals surface area contributed by atoms with Gasteiger partial charge in [0.25, 0.3) is 0 Å². The quantitative estimate of drug-likeness (QED) is 0.545. The van der Waals surface area contributed by atoms with Crippen molar-refractivity contribution in [1.29, 1.82) is 0 Å². The molecular weight excluding hydrogens is 133 g/mol. The molecule has 1 aromatic heterocycles. The van der Waals surface area contributed by atoms with Crippen LogP contribution in [0.1, 0.15) is 5.56 Å². The molecule has 0 aromatic carbocycles. The predicted octanol–water partition coefficient (Wildman–Crippen LogP) is 1.34. The molecule has 0 amide bonds. The molecule has 0 bridgehead atoms. The Labute approximate surface area is 58.7 Å². The largest absolute Gasteiger partial charge is 0.307 e. The number of pyridine rings is 1. The topological polar surface area (TPSA) is 30.0 Å². The molecule has 10 heavy (non-hydrogen) atoms. The van der Waals surface area contributed by atoms with Gasteiger partial charge in [0.05, 0.1) is 6.20 Å². The summed E-state index contributed by atoms with van der Waals surface area (Å²) in [6.07, 6.45) is 2.77. The fourth-order valence-electron chi connectivity index (χ4n) is 0.445. The molecule has 1 heterocycles. The Hall–Kier alpha value is -1.25. The van der Waals surface area contributed by atoms with E-state index in [0.717, 1.165) is 0 Å². The molecule has 0 atom stereocenters. The summed E-state index contributed by atoms with van der Waals surface area (Å²) in [5.74, 6) is -0.243. The summed E-state index contributed by atoms with van der Waals surface area (Å²) in [6.45, 7) is 3.71. The molecule has 0 N–H and O–H groups in total. The monoisotopic (exact) mass is 141 g/mol. The fraction of sp³-hybridized carbons (Fsp3) is 0.143. The average molecular weight is 141 g/mol. The number of aromatic nitrogens is 1. The zero-order chi connectivity index (χ0) is 7.98. The van der Waals surface area contributed by atoms with Crippen LogP contribution in [0.5, 0.6) is 0 Å². The summed E-state index contributed by atoms with van der Waals surface area (Å²) in [4.78, 5) is 11.6. The van der Waals surface area contributed by atoms with Crippen LogP contribution >= 0.6 is 0 Å². The minimum Gasteiger partial charge on any atom is -0.307 e. The maximum atomic E-state index is 12.3. The molecule has 0 aliphatic carbocycles. The van der Waals surface area contributed by atoms with Crippen LogP contribution in [0.4, 0.5) is 4.39 Å². The van der Waals surface area contributed by atoms with Gasteiger partial charge in [-0.3, -0.25) is 4.98 Å². The molecule has 0 fully saturated rings. The Kier molecular flexibility index (Phi) is 4.04. The Morgan fingerprint density at radius 3 is 2.50 bits per heavy atom. The molecule has 2 nitrogen and oxygen atoms in total. The molecule has 0 spiro atoms. The number of rotatable bonds is 0. The minimum absolute atomic E-state index is 0.243. The van der Waals surface area contributed by atoms with E-state index < -0.39 is 0 Å². The van der Waals surface area contributed by atoms with Gasteiger partial charge in [-0.1, -0.05) is 0 Å². The second kappa shape index (κ2) is 4.61. The van der Waals surface area contributed by atoms with Crippen molar-refractivity contribution in [3.05, 3.63) is 29.8 Å². The number of aryl methyl sites for hydroxylation is 1. The van der Waals surface area contributed by atoms with E-state index in [1.807, 2.05) is 6.79 Å². The summed E-state index contributed by atoms with van der Waals surface area (Å²) in [6, 6.07) is 1.63. The van der Waals surface area contributed by atoms with E-state index in [-0.39, 0.29) is 5.82 Å². The third-order valence-electron chi connectivity index (χ3n) is 0.975. The zero-order valence-corrected chi connectivity index (χ0v) is 5.67. The molecule has 54 valence electrons. The second-order valence-electron chi connectivity index (χ2n) is 1.62. The first kappa shape index (κ1) is 8.75. The van der Waals surface area contributed by atoms with Gasteiger partial charge in [0.15, 0.2) is 0 Å². The third-order valence-corrected chi connectivity index (χ3v) is 0.975. The van der Waals surface area contributed by atoms with Gasteiger partial charge in [-0.05, 0) is 18.6 Å². The van der Waals surface area contributed by atoms with Crippen LogP contribution in [0.25, 0.3) is 0 Å². The lowest BCUT2D eigenvalue weighted by atomic mass is 10.3. The van der Waals surface area contributed by atoms with Crippen LogP contribution in [0, 0.1) is 12.7 Å². The van der Waals surface area contributed by atoms with Crippen molar-refractivity contribution in [2.75, 3.05) is 0 Å². The summed E-state index contributed by atoms with van der Waals surface area (Å²) < 4.78 is 12.3. The lowest BCUT2D eigenvalue weighted by Crippen LogP contribution is -1.80. The number of hydrogen-bond acceptors (Lipinski definition) is 2. The standard InChI is InChI=1S/C6H6FN.CH2O/c1-5-2-3-8-4-6(5)7;1-2/h2-4H,1H3;1H2. The highest BCUT2D eigenvalue weighted by atomic mass is 19.1. The van der Waals surface area contributed by atoms with E-state index in [1.165, 1.54) is 6.20 Å². The van der Waals surface area contributed by atoms with E-state index >= 15 is 0 Å². The summed E-state index contributed by atoms with van der Waals surface area (Å²) in [5, 5.41) is 0. The summed E-state index contributed by atoms with van der Waals surface area (Å²) in [7, 11) is 0. The van der Waals surface area contributed by atoms with Crippen LogP contribution in [-0.4, -0.2) is 11.8 Å². The normalized spacial score (nSPS) is 7.80. The second-order valence-corrected chi connectivity index (χ2v) is 1.62. The van der Waals surface area contributed by atoms with Crippen molar-refractivity contribution in [1.82, 2.24) is 4.98 Å². The minimum atomic E-state index is -0.243. The molecule has 0 radical (unpaired) electrons. The molecule has 0 unspecified atom stereocenters. The van der Waals surface area contributed by atoms with Crippen LogP contribution in [0.15, 0.2) is 18.5 Å². The van der Waals surface area contributed by atoms with Crippen molar-refractivity contribution in [3.8, 4) is 0 Å². The molecule has 0 aliphatic heterocycles. The van der Waals surface area contributed by atoms with E-state index in [0.29, 0.717) is 5.56 Å². The highest BCUT2D eigenvalue weighted by Crippen LogP contribution is 1.99. The number of carbonyl (C=O) groups is 1. The van der Waals surface area contributed by atoms with Gasteiger partial charge in [-0.2, -0.15) is 0 Å². The van der Waals surface area contributed by atoms with Crippen molar-refractivity contribution in [2.24, 2.45) is 0 Å². The zero-order valence-electron chi connectivity index (χ0n) is 5.67. The molecule has 3 heteroatoms. The number of carbonyl (C=O) groups excluding carboxylic acids is 1. The van der Waals surface area contributed by atoms with E-state index in [2.05, 4.69) is 4.98 Å². The van der Waals surface area contributed by atoms with Crippen LogP contribution < -0.4 is 0 Å². The first-order valence-electron chi connectivity index (χ1n) is 2.65. The van der Waals surface area contributed by atoms with Crippen molar-refractivity contribution < 1.29 is 9.18 Å². The van der Waals surface area contributed by atoms with E-state index in [9.17, 15) is 4.39 Å². The Morgan fingerprint density at radius 2 is 2.20 bits per heavy atom. The maximum absolute atomic E-state index is 12.3. The highest BCUT2D eigenvalue weighted by molar-refractivity contribution is 5.11. The van der Waals surface area contributed by atoms with E-state index in [1.54, 1.807) is 19.2 Å². The third kappa shape index (κ3) is 2.35. The Balaban J connectivity index is 0.000000371. The maximum Gasteiger partial charge on any atom is 0.144 e. The molecule has 0 saturated heterocycles. The van der Waals surface area contributed by atoms with Crippen molar-refractivity contribution in [2.45, 2.75) is 6.92 Å². The first-order valence-corrected chi connectivity index (χ1v) is 2.65. The molecule has 1 rings (SSSR count). The predicted molar refractivity (Wildman–Crippen MR) is 36.1 cm³/mol. The highest BCUT2D eigenvalue weighted by Gasteiger charge is 1.89. The first-order chi connectivity index (χ1) is 4.80. The Morgan fingerprint density at radius 1 is 1.60 bits per heavy atom. The van der Waals surface area contributed by atoms with Crippen molar-refractivity contribution in [3.63, 3.8) is 0 Å². The molecule has 0 saturated carbocycles. The summed E-state index contributed by atoms with van der Waals surface area (Å²) >= 11 is 0. The average Bonchev–Trinajstić information content (AvgIpc) is 2.00. The Bertz CT molecular complexity index is 182. The smallest absolute Gasteiger partial charge is 0.144 e. The van der Waals surface area contributed by atoms with E-state index in [4.69, 9.17) is 4.79 Å². The summed E-state index contributed by atoms with van der Waals surface area (Å²) in [5.41, 5.74) is 0.639. The molecular formula is C7H8FNO. The number of nitrogens with zero attached hydrogens (tertiary/aromatic N) is 1. The SMILES string of the molecule is C=O.Cc1ccncc1F. The van der Waals surface area contributed by atoms with Gasteiger partial charge < -0.3 is 4.79 Å². The molecule has 0 aliphatic rings. The lowest BCUT2D eigenvalue weighted by molar-refractivity contribution is -0.0979. The van der Waals surface area contributed by atoms with Gasteiger partial charge in [0.1, 0.15) is 12.6 Å². The number of halogens is 1. The van der Waals surface area contributed by atoms with Crippen LogP contribution in [0.3, 0.4) is 0 Å². The lowest BCUT2D eigenvalue weighted by Gasteiger charge is -1.88. The van der Waals surface area contributed by atoms with Gasteiger partial charge in [-0.25, -0.2) is 4.39 Å².